The summed E-state index contributed by atoms with van der Waals surface area (Å²) in [5.41, 5.74) is 14.6. The number of hydrogen-bond donors (Lipinski definition) is 1. The zero-order chi connectivity index (χ0) is 10.7. The van der Waals surface area contributed by atoms with Crippen LogP contribution in [0, 0.1) is 13.8 Å². The summed E-state index contributed by atoms with van der Waals surface area (Å²) in [7, 11) is 0. The molecular formula is C13H17N. The molecule has 0 amide bonds. The Hall–Kier alpha value is -1.46. The van der Waals surface area contributed by atoms with E-state index >= 15 is 0 Å². The Bertz CT molecular complexity index is 403. The number of rotatable bonds is 1. The topological polar surface area (TPSA) is 26.0 Å². The second-order valence-corrected chi connectivity index (χ2v) is 3.80. The number of nitrogen functional groups attached to an aromatic ring is 1. The third kappa shape index (κ3) is 2.27. The zero-order valence-corrected chi connectivity index (χ0v) is 9.31. The number of benzene rings is 1. The van der Waals surface area contributed by atoms with Crippen molar-refractivity contribution in [3.8, 4) is 0 Å². The molecule has 0 aliphatic rings. The molecular weight excluding hydrogens is 170 g/mol. The zero-order valence-electron chi connectivity index (χ0n) is 9.31. The van der Waals surface area contributed by atoms with E-state index in [1.165, 1.54) is 5.57 Å². The number of hydrogen-bond acceptors (Lipinski definition) is 1. The van der Waals surface area contributed by atoms with Gasteiger partial charge in [0.15, 0.2) is 0 Å². The molecule has 0 aromatic heterocycles. The van der Waals surface area contributed by atoms with Crippen molar-refractivity contribution in [1.29, 1.82) is 0 Å². The number of allylic oxidation sites excluding steroid dienone is 1. The van der Waals surface area contributed by atoms with E-state index in [0.717, 1.165) is 22.4 Å². The van der Waals surface area contributed by atoms with Crippen LogP contribution in [0.15, 0.2) is 23.4 Å². The van der Waals surface area contributed by atoms with Gasteiger partial charge in [0, 0.05) is 5.69 Å². The van der Waals surface area contributed by atoms with E-state index in [-0.39, 0.29) is 0 Å². The first-order chi connectivity index (χ1) is 6.52. The van der Waals surface area contributed by atoms with Crippen LogP contribution in [-0.4, -0.2) is 0 Å². The second-order valence-electron chi connectivity index (χ2n) is 3.80. The molecule has 0 saturated heterocycles. The lowest BCUT2D eigenvalue weighted by Crippen LogP contribution is -1.95. The fourth-order valence-corrected chi connectivity index (χ4v) is 1.26. The lowest BCUT2D eigenvalue weighted by atomic mass is 10.0. The monoisotopic (exact) mass is 187 g/mol. The van der Waals surface area contributed by atoms with Crippen LogP contribution in [0.3, 0.4) is 0 Å². The highest BCUT2D eigenvalue weighted by Crippen LogP contribution is 2.20. The quantitative estimate of drug-likeness (QED) is 0.528. The highest BCUT2D eigenvalue weighted by Gasteiger charge is 2.00. The van der Waals surface area contributed by atoms with Gasteiger partial charge in [0.05, 0.1) is 0 Å². The van der Waals surface area contributed by atoms with Gasteiger partial charge in [-0.05, 0) is 56.0 Å². The minimum absolute atomic E-state index is 0.884. The molecule has 1 aromatic rings. The van der Waals surface area contributed by atoms with Gasteiger partial charge in [-0.3, -0.25) is 0 Å². The van der Waals surface area contributed by atoms with Crippen molar-refractivity contribution in [3.05, 3.63) is 40.1 Å². The first kappa shape index (κ1) is 10.6. The highest BCUT2D eigenvalue weighted by atomic mass is 14.6. The van der Waals surface area contributed by atoms with Crippen LogP contribution in [0.2, 0.25) is 0 Å². The smallest absolute Gasteiger partial charge is 0.0379 e. The SMILES string of the molecule is CC(C)=C=Cc1ccc(C)c(N)c1C. The maximum atomic E-state index is 5.93. The van der Waals surface area contributed by atoms with Gasteiger partial charge in [0.25, 0.3) is 0 Å². The van der Waals surface area contributed by atoms with E-state index in [4.69, 9.17) is 5.73 Å². The molecule has 1 heteroatoms. The van der Waals surface area contributed by atoms with Crippen LogP contribution in [0.5, 0.6) is 0 Å². The fraction of sp³-hybridized carbons (Fsp3) is 0.308. The third-order valence-corrected chi connectivity index (χ3v) is 2.29. The number of aryl methyl sites for hydroxylation is 1. The number of nitrogens with two attached hydrogens (primary N) is 1. The molecule has 0 radical (unpaired) electrons. The van der Waals surface area contributed by atoms with Gasteiger partial charge in [-0.25, -0.2) is 0 Å². The molecule has 0 aliphatic carbocycles. The van der Waals surface area contributed by atoms with E-state index in [2.05, 4.69) is 11.8 Å². The van der Waals surface area contributed by atoms with E-state index in [1.807, 2.05) is 39.8 Å². The molecule has 2 N–H and O–H groups in total. The van der Waals surface area contributed by atoms with Crippen molar-refractivity contribution in [2.24, 2.45) is 0 Å². The predicted octanol–water partition coefficient (Wildman–Crippen LogP) is 3.46. The molecule has 1 aromatic carbocycles. The average molecular weight is 187 g/mol. The maximum absolute atomic E-state index is 5.93. The Morgan fingerprint density at radius 2 is 1.93 bits per heavy atom. The lowest BCUT2D eigenvalue weighted by molar-refractivity contribution is 1.37. The number of anilines is 1. The van der Waals surface area contributed by atoms with E-state index < -0.39 is 0 Å². The molecule has 0 spiro atoms. The molecule has 0 saturated carbocycles. The maximum Gasteiger partial charge on any atom is 0.0379 e. The van der Waals surface area contributed by atoms with E-state index in [9.17, 15) is 0 Å². The fourth-order valence-electron chi connectivity index (χ4n) is 1.26. The van der Waals surface area contributed by atoms with Crippen molar-refractivity contribution in [2.45, 2.75) is 27.7 Å². The Balaban J connectivity index is 3.26. The Morgan fingerprint density at radius 1 is 1.29 bits per heavy atom. The molecule has 14 heavy (non-hydrogen) atoms. The third-order valence-electron chi connectivity index (χ3n) is 2.29. The molecule has 0 atom stereocenters. The lowest BCUT2D eigenvalue weighted by Gasteiger charge is -2.06. The second kappa shape index (κ2) is 4.17. The summed E-state index contributed by atoms with van der Waals surface area (Å²) >= 11 is 0. The highest BCUT2D eigenvalue weighted by molar-refractivity contribution is 5.65. The van der Waals surface area contributed by atoms with Crippen LogP contribution < -0.4 is 5.73 Å². The average Bonchev–Trinajstić information content (AvgIpc) is 2.13. The van der Waals surface area contributed by atoms with Crippen molar-refractivity contribution in [2.75, 3.05) is 5.73 Å². The summed E-state index contributed by atoms with van der Waals surface area (Å²) in [5, 5.41) is 0. The molecule has 1 rings (SSSR count). The largest absolute Gasteiger partial charge is 0.398 e. The summed E-state index contributed by atoms with van der Waals surface area (Å²) < 4.78 is 0. The van der Waals surface area contributed by atoms with Crippen LogP contribution in [0.25, 0.3) is 6.08 Å². The summed E-state index contributed by atoms with van der Waals surface area (Å²) in [6.45, 7) is 8.13. The van der Waals surface area contributed by atoms with Crippen LogP contribution >= 0.6 is 0 Å². The minimum atomic E-state index is 0.884. The van der Waals surface area contributed by atoms with Crippen LogP contribution in [-0.2, 0) is 0 Å². The molecule has 0 fully saturated rings. The predicted molar refractivity (Wildman–Crippen MR) is 63.2 cm³/mol. The van der Waals surface area contributed by atoms with E-state index in [0.29, 0.717) is 0 Å². The van der Waals surface area contributed by atoms with Gasteiger partial charge in [-0.2, -0.15) is 0 Å². The van der Waals surface area contributed by atoms with Gasteiger partial charge in [-0.1, -0.05) is 12.1 Å². The van der Waals surface area contributed by atoms with Crippen molar-refractivity contribution < 1.29 is 0 Å². The first-order valence-corrected chi connectivity index (χ1v) is 4.78. The molecule has 74 valence electrons. The summed E-state index contributed by atoms with van der Waals surface area (Å²) in [6.07, 6.45) is 1.99. The molecule has 0 heterocycles. The standard InChI is InChI=1S/C13H17N/c1-9(2)5-7-12-8-6-10(3)13(14)11(12)4/h6-8H,14H2,1-4H3. The van der Waals surface area contributed by atoms with Crippen molar-refractivity contribution in [1.82, 2.24) is 0 Å². The van der Waals surface area contributed by atoms with E-state index in [1.54, 1.807) is 0 Å². The first-order valence-electron chi connectivity index (χ1n) is 4.78. The van der Waals surface area contributed by atoms with Gasteiger partial charge in [0.2, 0.25) is 0 Å². The Kier molecular flexibility index (Phi) is 3.16. The van der Waals surface area contributed by atoms with Crippen LogP contribution in [0.4, 0.5) is 5.69 Å². The Labute approximate surface area is 85.9 Å². The molecule has 0 aliphatic heterocycles. The van der Waals surface area contributed by atoms with Crippen LogP contribution in [0.1, 0.15) is 30.5 Å². The minimum Gasteiger partial charge on any atom is -0.398 e. The normalized spacial score (nSPS) is 9.43. The van der Waals surface area contributed by atoms with Gasteiger partial charge >= 0.3 is 0 Å². The van der Waals surface area contributed by atoms with Gasteiger partial charge in [-0.15, -0.1) is 5.73 Å². The van der Waals surface area contributed by atoms with Gasteiger partial charge in [0.1, 0.15) is 0 Å². The Morgan fingerprint density at radius 3 is 2.50 bits per heavy atom. The summed E-state index contributed by atoms with van der Waals surface area (Å²) in [4.78, 5) is 0. The molecule has 0 bridgehead atoms. The molecule has 1 nitrogen and oxygen atoms in total. The van der Waals surface area contributed by atoms with Crippen molar-refractivity contribution in [3.63, 3.8) is 0 Å². The van der Waals surface area contributed by atoms with Gasteiger partial charge < -0.3 is 5.73 Å². The summed E-state index contributed by atoms with van der Waals surface area (Å²) in [5.74, 6) is 0. The molecule has 0 unspecified atom stereocenters. The summed E-state index contributed by atoms with van der Waals surface area (Å²) in [6, 6.07) is 4.12. The van der Waals surface area contributed by atoms with Crippen molar-refractivity contribution >= 4 is 11.8 Å².